The third kappa shape index (κ3) is 4.47. The number of nitrogens with zero attached hydrogens (tertiary/aromatic N) is 2. The summed E-state index contributed by atoms with van der Waals surface area (Å²) in [6.07, 6.45) is 6.17. The van der Waals surface area contributed by atoms with E-state index in [1.165, 1.54) is 6.21 Å². The van der Waals surface area contributed by atoms with E-state index in [9.17, 15) is 4.79 Å². The summed E-state index contributed by atoms with van der Waals surface area (Å²) in [6, 6.07) is 7.18. The number of hydrogen-bond acceptors (Lipinski definition) is 5. The highest BCUT2D eigenvalue weighted by molar-refractivity contribution is 7.19. The molecule has 110 valence electrons. The topological polar surface area (TPSA) is 88.6 Å². The van der Waals surface area contributed by atoms with Gasteiger partial charge in [-0.1, -0.05) is 12.1 Å². The van der Waals surface area contributed by atoms with Gasteiger partial charge in [0.05, 0.1) is 10.2 Å². The van der Waals surface area contributed by atoms with Crippen LogP contribution < -0.4 is 5.73 Å². The van der Waals surface area contributed by atoms with Crippen LogP contribution in [0.15, 0.2) is 35.3 Å². The van der Waals surface area contributed by atoms with Gasteiger partial charge in [-0.15, -0.1) is 11.3 Å². The van der Waals surface area contributed by atoms with Gasteiger partial charge in [-0.3, -0.25) is 4.99 Å². The molecule has 6 heteroatoms. The van der Waals surface area contributed by atoms with E-state index in [0.29, 0.717) is 19.4 Å². The molecule has 1 atom stereocenters. The Labute approximate surface area is 126 Å². The summed E-state index contributed by atoms with van der Waals surface area (Å²) in [4.78, 5) is 19.5. The van der Waals surface area contributed by atoms with Crippen LogP contribution in [0.2, 0.25) is 0 Å². The molecule has 0 spiro atoms. The quantitative estimate of drug-likeness (QED) is 0.769. The Balaban J connectivity index is 1.99. The Morgan fingerprint density at radius 3 is 3.00 bits per heavy atom. The number of rotatable bonds is 7. The van der Waals surface area contributed by atoms with E-state index < -0.39 is 12.0 Å². The van der Waals surface area contributed by atoms with Crippen LogP contribution in [0.4, 0.5) is 0 Å². The van der Waals surface area contributed by atoms with Crippen LogP contribution in [0.25, 0.3) is 16.3 Å². The van der Waals surface area contributed by atoms with Crippen LogP contribution in [0.5, 0.6) is 0 Å². The molecule has 0 radical (unpaired) electrons. The highest BCUT2D eigenvalue weighted by atomic mass is 32.1. The zero-order valence-corrected chi connectivity index (χ0v) is 12.3. The van der Waals surface area contributed by atoms with Gasteiger partial charge in [-0.25, -0.2) is 9.78 Å². The third-order valence-electron chi connectivity index (χ3n) is 2.87. The Morgan fingerprint density at radius 2 is 2.29 bits per heavy atom. The second-order valence-corrected chi connectivity index (χ2v) is 5.52. The first kappa shape index (κ1) is 15.3. The van der Waals surface area contributed by atoms with E-state index in [4.69, 9.17) is 10.8 Å². The van der Waals surface area contributed by atoms with Gasteiger partial charge in [0.1, 0.15) is 11.0 Å². The fourth-order valence-corrected chi connectivity index (χ4v) is 2.69. The number of aliphatic imine (C=N–C) groups is 1. The fourth-order valence-electron chi connectivity index (χ4n) is 1.81. The third-order valence-corrected chi connectivity index (χ3v) is 3.87. The van der Waals surface area contributed by atoms with E-state index >= 15 is 0 Å². The first-order valence-corrected chi connectivity index (χ1v) is 7.50. The lowest BCUT2D eigenvalue weighted by Crippen LogP contribution is -2.19. The molecule has 0 amide bonds. The number of carboxylic acids is 1. The molecule has 0 fully saturated rings. The summed E-state index contributed by atoms with van der Waals surface area (Å²) >= 11 is 1.58. The normalized spacial score (nSPS) is 13.4. The van der Waals surface area contributed by atoms with Crippen molar-refractivity contribution >= 4 is 39.8 Å². The molecule has 1 heterocycles. The van der Waals surface area contributed by atoms with Gasteiger partial charge < -0.3 is 10.8 Å². The molecule has 5 nitrogen and oxygen atoms in total. The van der Waals surface area contributed by atoms with Crippen molar-refractivity contribution in [1.29, 1.82) is 0 Å². The molecular formula is C15H17N3O2S. The zero-order chi connectivity index (χ0) is 15.1. The number of para-hydroxylation sites is 1. The first-order chi connectivity index (χ1) is 10.2. The summed E-state index contributed by atoms with van der Waals surface area (Å²) in [5.41, 5.74) is 6.34. The minimum absolute atomic E-state index is 0.456. The van der Waals surface area contributed by atoms with Crippen molar-refractivity contribution in [3.05, 3.63) is 35.3 Å². The molecule has 1 unspecified atom stereocenters. The lowest BCUT2D eigenvalue weighted by molar-refractivity contribution is -0.138. The first-order valence-electron chi connectivity index (χ1n) is 6.69. The van der Waals surface area contributed by atoms with Crippen molar-refractivity contribution in [3.63, 3.8) is 0 Å². The molecule has 0 bridgehead atoms. The maximum absolute atomic E-state index is 11.0. The second-order valence-electron chi connectivity index (χ2n) is 4.46. The summed E-state index contributed by atoms with van der Waals surface area (Å²) < 4.78 is 1.13. The van der Waals surface area contributed by atoms with Gasteiger partial charge in [-0.05, 0) is 43.7 Å². The van der Waals surface area contributed by atoms with Crippen LogP contribution in [0.3, 0.4) is 0 Å². The summed E-state index contributed by atoms with van der Waals surface area (Å²) in [7, 11) is 0. The number of benzene rings is 1. The number of carboxylic acid groups (broad SMARTS) is 1. The van der Waals surface area contributed by atoms with Gasteiger partial charge >= 0.3 is 5.97 Å². The zero-order valence-electron chi connectivity index (χ0n) is 11.5. The van der Waals surface area contributed by atoms with E-state index in [1.807, 2.05) is 30.3 Å². The SMILES string of the molecule is NCCCC(N=C/C=C/c1nc2ccccc2s1)C(=O)O. The van der Waals surface area contributed by atoms with Crippen LogP contribution in [-0.4, -0.2) is 34.9 Å². The summed E-state index contributed by atoms with van der Waals surface area (Å²) in [5, 5.41) is 9.89. The largest absolute Gasteiger partial charge is 0.480 e. The van der Waals surface area contributed by atoms with Gasteiger partial charge in [0.25, 0.3) is 0 Å². The molecule has 1 aromatic carbocycles. The molecule has 3 N–H and O–H groups in total. The molecule has 2 aromatic rings. The molecule has 0 aliphatic rings. The number of fused-ring (bicyclic) bond motifs is 1. The summed E-state index contributed by atoms with van der Waals surface area (Å²) in [5.74, 6) is -0.923. The number of thiazole rings is 1. The Bertz CT molecular complexity index is 631. The van der Waals surface area contributed by atoms with Crippen molar-refractivity contribution in [1.82, 2.24) is 4.98 Å². The predicted octanol–water partition coefficient (Wildman–Crippen LogP) is 2.57. The highest BCUT2D eigenvalue weighted by Gasteiger charge is 2.13. The Hall–Kier alpha value is -2.05. The van der Waals surface area contributed by atoms with Crippen molar-refractivity contribution in [3.8, 4) is 0 Å². The monoisotopic (exact) mass is 303 g/mol. The number of aromatic nitrogens is 1. The molecule has 0 saturated carbocycles. The van der Waals surface area contributed by atoms with E-state index in [1.54, 1.807) is 17.4 Å². The fraction of sp³-hybridized carbons (Fsp3) is 0.267. The van der Waals surface area contributed by atoms with Crippen molar-refractivity contribution in [2.24, 2.45) is 10.7 Å². The number of nitrogens with two attached hydrogens (primary N) is 1. The van der Waals surface area contributed by atoms with Crippen molar-refractivity contribution in [2.75, 3.05) is 6.54 Å². The number of aliphatic carboxylic acids is 1. The average Bonchev–Trinajstić information content (AvgIpc) is 2.88. The van der Waals surface area contributed by atoms with Crippen molar-refractivity contribution < 1.29 is 9.90 Å². The highest BCUT2D eigenvalue weighted by Crippen LogP contribution is 2.22. The Morgan fingerprint density at radius 1 is 1.48 bits per heavy atom. The lowest BCUT2D eigenvalue weighted by Gasteiger charge is -2.04. The van der Waals surface area contributed by atoms with Crippen LogP contribution >= 0.6 is 11.3 Å². The van der Waals surface area contributed by atoms with Gasteiger partial charge in [0.2, 0.25) is 0 Å². The molecule has 0 aliphatic heterocycles. The van der Waals surface area contributed by atoms with Gasteiger partial charge in [0, 0.05) is 6.21 Å². The molecule has 0 aliphatic carbocycles. The van der Waals surface area contributed by atoms with E-state index in [-0.39, 0.29) is 0 Å². The molecule has 0 saturated heterocycles. The second kappa shape index (κ2) is 7.66. The molecular weight excluding hydrogens is 286 g/mol. The van der Waals surface area contributed by atoms with E-state index in [2.05, 4.69) is 9.98 Å². The van der Waals surface area contributed by atoms with Crippen molar-refractivity contribution in [2.45, 2.75) is 18.9 Å². The van der Waals surface area contributed by atoms with E-state index in [0.717, 1.165) is 15.2 Å². The standard InChI is InChI=1S/C15H17N3O2S/c16-9-3-6-12(15(19)20)17-10-4-8-14-18-11-5-1-2-7-13(11)21-14/h1-2,4-5,7-8,10,12H,3,6,9,16H2,(H,19,20)/b8-4+,17-10?. The predicted molar refractivity (Wildman–Crippen MR) is 86.9 cm³/mol. The molecule has 21 heavy (non-hydrogen) atoms. The minimum atomic E-state index is -0.923. The lowest BCUT2D eigenvalue weighted by atomic mass is 10.1. The molecule has 2 rings (SSSR count). The summed E-state index contributed by atoms with van der Waals surface area (Å²) in [6.45, 7) is 0.473. The average molecular weight is 303 g/mol. The minimum Gasteiger partial charge on any atom is -0.480 e. The maximum atomic E-state index is 11.0. The van der Waals surface area contributed by atoms with Gasteiger partial charge in [-0.2, -0.15) is 0 Å². The van der Waals surface area contributed by atoms with Crippen LogP contribution in [0, 0.1) is 0 Å². The van der Waals surface area contributed by atoms with Crippen LogP contribution in [-0.2, 0) is 4.79 Å². The number of allylic oxidation sites excluding steroid dienone is 1. The number of hydrogen-bond donors (Lipinski definition) is 2. The smallest absolute Gasteiger partial charge is 0.328 e. The Kier molecular flexibility index (Phi) is 5.59. The maximum Gasteiger partial charge on any atom is 0.328 e. The number of carbonyl (C=O) groups is 1. The van der Waals surface area contributed by atoms with Gasteiger partial charge in [0.15, 0.2) is 0 Å². The molecule has 1 aromatic heterocycles. The van der Waals surface area contributed by atoms with Crippen LogP contribution in [0.1, 0.15) is 17.8 Å².